The molecule has 0 atom stereocenters. The molecule has 0 heterocycles. The van der Waals surface area contributed by atoms with Gasteiger partial charge in [0.1, 0.15) is 0 Å². The Morgan fingerprint density at radius 1 is 0.895 bits per heavy atom. The van der Waals surface area contributed by atoms with Crippen LogP contribution in [0.2, 0.25) is 0 Å². The summed E-state index contributed by atoms with van der Waals surface area (Å²) < 4.78 is 0. The average molecular weight is 258 g/mol. The molecule has 2 fully saturated rings. The minimum atomic E-state index is -0.718. The number of hydrogen-bond donors (Lipinski definition) is 1. The highest BCUT2D eigenvalue weighted by atomic mass is 16.4. The second-order valence-electron chi connectivity index (χ2n) is 6.08. The van der Waals surface area contributed by atoms with Crippen LogP contribution in [0, 0.1) is 0 Å². The second kappa shape index (κ2) is 5.36. The number of rotatable bonds is 3. The van der Waals surface area contributed by atoms with E-state index in [1.54, 1.807) is 0 Å². The van der Waals surface area contributed by atoms with Crippen molar-refractivity contribution in [3.63, 3.8) is 0 Å². The molecule has 0 spiro atoms. The van der Waals surface area contributed by atoms with E-state index in [0.29, 0.717) is 17.4 Å². The number of carbonyl (C=O) groups is 1. The van der Waals surface area contributed by atoms with Crippen molar-refractivity contribution in [1.29, 1.82) is 0 Å². The average Bonchev–Trinajstić information content (AvgIpc) is 3.11. The topological polar surface area (TPSA) is 37.3 Å². The van der Waals surface area contributed by atoms with Gasteiger partial charge in [-0.1, -0.05) is 43.9 Å². The second-order valence-corrected chi connectivity index (χ2v) is 6.08. The SMILES string of the molecule is O=C(O)c1c(C2CCCC2)cccc1C1CCCC1. The number of aromatic carboxylic acids is 1. The zero-order valence-corrected chi connectivity index (χ0v) is 11.4. The Hall–Kier alpha value is -1.31. The number of benzene rings is 1. The Labute approximate surface area is 114 Å². The van der Waals surface area contributed by atoms with Gasteiger partial charge in [-0.2, -0.15) is 0 Å². The van der Waals surface area contributed by atoms with E-state index in [1.807, 2.05) is 0 Å². The van der Waals surface area contributed by atoms with Crippen molar-refractivity contribution in [3.8, 4) is 0 Å². The van der Waals surface area contributed by atoms with E-state index in [2.05, 4.69) is 18.2 Å². The summed E-state index contributed by atoms with van der Waals surface area (Å²) in [4.78, 5) is 11.8. The van der Waals surface area contributed by atoms with Crippen LogP contribution in [-0.2, 0) is 0 Å². The van der Waals surface area contributed by atoms with Crippen LogP contribution < -0.4 is 0 Å². The van der Waals surface area contributed by atoms with Crippen molar-refractivity contribution in [2.75, 3.05) is 0 Å². The molecule has 2 nitrogen and oxygen atoms in total. The molecule has 0 aromatic heterocycles. The molecule has 1 aromatic rings. The number of carboxylic acid groups (broad SMARTS) is 1. The lowest BCUT2D eigenvalue weighted by molar-refractivity contribution is 0.0693. The van der Waals surface area contributed by atoms with E-state index in [9.17, 15) is 9.90 Å². The van der Waals surface area contributed by atoms with Gasteiger partial charge in [-0.05, 0) is 48.6 Å². The Balaban J connectivity index is 2.03. The van der Waals surface area contributed by atoms with E-state index < -0.39 is 5.97 Å². The standard InChI is InChI=1S/C17H22O2/c18-17(19)16-14(12-6-1-2-7-12)10-5-11-15(16)13-8-3-4-9-13/h5,10-13H,1-4,6-9H2,(H,18,19). The summed E-state index contributed by atoms with van der Waals surface area (Å²) in [5.74, 6) is 0.240. The molecule has 2 aliphatic carbocycles. The lowest BCUT2D eigenvalue weighted by Gasteiger charge is -2.19. The zero-order valence-electron chi connectivity index (χ0n) is 11.4. The van der Waals surface area contributed by atoms with Crippen molar-refractivity contribution in [3.05, 3.63) is 34.9 Å². The van der Waals surface area contributed by atoms with E-state index in [4.69, 9.17) is 0 Å². The zero-order chi connectivity index (χ0) is 13.2. The first kappa shape index (κ1) is 12.7. The van der Waals surface area contributed by atoms with Gasteiger partial charge in [0.05, 0.1) is 5.56 Å². The summed E-state index contributed by atoms with van der Waals surface area (Å²) in [7, 11) is 0. The molecule has 1 aromatic carbocycles. The van der Waals surface area contributed by atoms with E-state index in [-0.39, 0.29) is 0 Å². The molecule has 3 rings (SSSR count). The van der Waals surface area contributed by atoms with Gasteiger partial charge in [-0.25, -0.2) is 4.79 Å². The van der Waals surface area contributed by atoms with Gasteiger partial charge in [-0.3, -0.25) is 0 Å². The monoisotopic (exact) mass is 258 g/mol. The molecule has 0 aliphatic heterocycles. The van der Waals surface area contributed by atoms with E-state index in [0.717, 1.165) is 36.8 Å². The molecular weight excluding hydrogens is 236 g/mol. The van der Waals surface area contributed by atoms with Gasteiger partial charge in [-0.15, -0.1) is 0 Å². The maximum atomic E-state index is 11.8. The summed E-state index contributed by atoms with van der Waals surface area (Å²) in [6, 6.07) is 6.18. The molecule has 0 amide bonds. The fraction of sp³-hybridized carbons (Fsp3) is 0.588. The first-order chi connectivity index (χ1) is 9.27. The van der Waals surface area contributed by atoms with Crippen molar-refractivity contribution in [1.82, 2.24) is 0 Å². The molecule has 19 heavy (non-hydrogen) atoms. The predicted molar refractivity (Wildman–Crippen MR) is 75.8 cm³/mol. The van der Waals surface area contributed by atoms with Crippen molar-refractivity contribution >= 4 is 5.97 Å². The largest absolute Gasteiger partial charge is 0.478 e. The van der Waals surface area contributed by atoms with Crippen LogP contribution in [0.3, 0.4) is 0 Å². The molecule has 0 radical (unpaired) electrons. The van der Waals surface area contributed by atoms with Gasteiger partial charge in [0.25, 0.3) is 0 Å². The Morgan fingerprint density at radius 3 is 1.68 bits per heavy atom. The Bertz CT molecular complexity index is 432. The summed E-state index contributed by atoms with van der Waals surface area (Å²) in [5.41, 5.74) is 2.85. The summed E-state index contributed by atoms with van der Waals surface area (Å²) in [6.45, 7) is 0. The lowest BCUT2D eigenvalue weighted by Crippen LogP contribution is -2.11. The minimum Gasteiger partial charge on any atom is -0.478 e. The maximum Gasteiger partial charge on any atom is 0.336 e. The summed E-state index contributed by atoms with van der Waals surface area (Å²) in [6.07, 6.45) is 9.63. The molecule has 0 saturated heterocycles. The third-order valence-electron chi connectivity index (χ3n) is 4.93. The van der Waals surface area contributed by atoms with Crippen LogP contribution >= 0.6 is 0 Å². The molecule has 2 heteroatoms. The third-order valence-corrected chi connectivity index (χ3v) is 4.93. The first-order valence-electron chi connectivity index (χ1n) is 7.63. The molecule has 102 valence electrons. The summed E-state index contributed by atoms with van der Waals surface area (Å²) >= 11 is 0. The Morgan fingerprint density at radius 2 is 1.32 bits per heavy atom. The summed E-state index contributed by atoms with van der Waals surface area (Å²) in [5, 5.41) is 9.67. The smallest absolute Gasteiger partial charge is 0.336 e. The van der Waals surface area contributed by atoms with Crippen molar-refractivity contribution in [2.45, 2.75) is 63.2 Å². The number of hydrogen-bond acceptors (Lipinski definition) is 1. The van der Waals surface area contributed by atoms with Gasteiger partial charge in [0.15, 0.2) is 0 Å². The molecule has 0 unspecified atom stereocenters. The van der Waals surface area contributed by atoms with Crippen LogP contribution in [0.4, 0.5) is 0 Å². The van der Waals surface area contributed by atoms with Crippen LogP contribution in [0.15, 0.2) is 18.2 Å². The fourth-order valence-electron chi connectivity index (χ4n) is 3.99. The van der Waals surface area contributed by atoms with Gasteiger partial charge in [0.2, 0.25) is 0 Å². The first-order valence-corrected chi connectivity index (χ1v) is 7.63. The third kappa shape index (κ3) is 2.41. The van der Waals surface area contributed by atoms with Gasteiger partial charge >= 0.3 is 5.97 Å². The highest BCUT2D eigenvalue weighted by Crippen LogP contribution is 2.41. The number of carboxylic acids is 1. The quantitative estimate of drug-likeness (QED) is 0.853. The molecule has 2 saturated carbocycles. The highest BCUT2D eigenvalue weighted by molar-refractivity contribution is 5.91. The van der Waals surface area contributed by atoms with Crippen LogP contribution in [0.1, 0.15) is 84.7 Å². The molecule has 0 bridgehead atoms. The van der Waals surface area contributed by atoms with Gasteiger partial charge < -0.3 is 5.11 Å². The maximum absolute atomic E-state index is 11.8. The van der Waals surface area contributed by atoms with Crippen molar-refractivity contribution in [2.24, 2.45) is 0 Å². The van der Waals surface area contributed by atoms with E-state index >= 15 is 0 Å². The minimum absolute atomic E-state index is 0.479. The Kier molecular flexibility index (Phi) is 3.58. The van der Waals surface area contributed by atoms with Crippen molar-refractivity contribution < 1.29 is 9.90 Å². The van der Waals surface area contributed by atoms with E-state index in [1.165, 1.54) is 25.7 Å². The normalized spacial score (nSPS) is 21.1. The lowest BCUT2D eigenvalue weighted by atomic mass is 9.85. The predicted octanol–water partition coefficient (Wildman–Crippen LogP) is 4.70. The van der Waals surface area contributed by atoms with Crippen LogP contribution in [-0.4, -0.2) is 11.1 Å². The molecule has 2 aliphatic rings. The highest BCUT2D eigenvalue weighted by Gasteiger charge is 2.28. The molecule has 1 N–H and O–H groups in total. The van der Waals surface area contributed by atoms with Crippen LogP contribution in [0.25, 0.3) is 0 Å². The molecular formula is C17H22O2. The fourth-order valence-corrected chi connectivity index (χ4v) is 3.99. The van der Waals surface area contributed by atoms with Gasteiger partial charge in [0, 0.05) is 0 Å². The van der Waals surface area contributed by atoms with Crippen LogP contribution in [0.5, 0.6) is 0 Å².